The SMILES string of the molecule is COc1ccc(N2C(=O)c3ccc(C(=O)OCc4ccc(Oc5ccc([N+](=O)[O-])cc5)cc4)cc3C2=O)c([N+](=O)[O-])c1. The lowest BCUT2D eigenvalue weighted by Gasteiger charge is -2.14. The molecule has 0 saturated heterocycles. The van der Waals surface area contributed by atoms with Gasteiger partial charge in [-0.25, -0.2) is 9.69 Å². The van der Waals surface area contributed by atoms with E-state index in [9.17, 15) is 34.6 Å². The summed E-state index contributed by atoms with van der Waals surface area (Å²) in [5, 5.41) is 22.4. The third kappa shape index (κ3) is 5.34. The number of esters is 1. The summed E-state index contributed by atoms with van der Waals surface area (Å²) in [7, 11) is 1.33. The third-order valence-electron chi connectivity index (χ3n) is 6.32. The highest BCUT2D eigenvalue weighted by atomic mass is 16.6. The molecule has 0 fully saturated rings. The fraction of sp³-hybridized carbons (Fsp3) is 0.0690. The van der Waals surface area contributed by atoms with E-state index in [1.807, 2.05) is 0 Å². The van der Waals surface area contributed by atoms with Crippen LogP contribution in [0.25, 0.3) is 0 Å². The first-order valence-corrected chi connectivity index (χ1v) is 12.2. The van der Waals surface area contributed by atoms with Crippen LogP contribution < -0.4 is 14.4 Å². The lowest BCUT2D eigenvalue weighted by atomic mass is 10.1. The van der Waals surface area contributed by atoms with E-state index in [4.69, 9.17) is 14.2 Å². The molecule has 1 aliphatic rings. The second-order valence-electron chi connectivity index (χ2n) is 8.89. The number of imide groups is 1. The van der Waals surface area contributed by atoms with Gasteiger partial charge in [-0.15, -0.1) is 0 Å². The van der Waals surface area contributed by atoms with E-state index in [1.165, 1.54) is 61.7 Å². The van der Waals surface area contributed by atoms with Gasteiger partial charge in [0.1, 0.15) is 29.5 Å². The van der Waals surface area contributed by atoms with Gasteiger partial charge in [0.2, 0.25) is 0 Å². The molecule has 210 valence electrons. The first-order valence-electron chi connectivity index (χ1n) is 12.2. The second-order valence-corrected chi connectivity index (χ2v) is 8.89. The van der Waals surface area contributed by atoms with E-state index in [-0.39, 0.29) is 40.4 Å². The number of rotatable bonds is 9. The number of anilines is 1. The van der Waals surface area contributed by atoms with Crippen molar-refractivity contribution in [2.75, 3.05) is 12.0 Å². The van der Waals surface area contributed by atoms with Crippen LogP contribution in [0, 0.1) is 20.2 Å². The predicted molar refractivity (Wildman–Crippen MR) is 146 cm³/mol. The number of nitrogens with zero attached hydrogens (tertiary/aromatic N) is 3. The zero-order valence-corrected chi connectivity index (χ0v) is 21.7. The largest absolute Gasteiger partial charge is 0.496 e. The average Bonchev–Trinajstić information content (AvgIpc) is 3.25. The van der Waals surface area contributed by atoms with Crippen LogP contribution in [0.4, 0.5) is 17.1 Å². The van der Waals surface area contributed by atoms with Crippen molar-refractivity contribution in [2.24, 2.45) is 0 Å². The Hall–Kier alpha value is -6.11. The minimum atomic E-state index is -0.818. The number of amides is 2. The molecule has 13 nitrogen and oxygen atoms in total. The van der Waals surface area contributed by atoms with Crippen LogP contribution in [0.5, 0.6) is 17.2 Å². The van der Waals surface area contributed by atoms with Gasteiger partial charge in [-0.2, -0.15) is 0 Å². The Morgan fingerprint density at radius 1 is 0.762 bits per heavy atom. The molecule has 4 aromatic rings. The number of nitro groups is 2. The molecule has 0 spiro atoms. The number of benzene rings is 4. The Bertz CT molecular complexity index is 1750. The van der Waals surface area contributed by atoms with Gasteiger partial charge in [0.05, 0.1) is 39.7 Å². The minimum absolute atomic E-state index is 0.00900. The monoisotopic (exact) mass is 569 g/mol. The van der Waals surface area contributed by atoms with Crippen LogP contribution in [0.2, 0.25) is 0 Å². The maximum atomic E-state index is 13.2. The van der Waals surface area contributed by atoms with Crippen molar-refractivity contribution in [3.8, 4) is 17.2 Å². The van der Waals surface area contributed by atoms with Gasteiger partial charge in [-0.1, -0.05) is 12.1 Å². The molecule has 0 saturated carbocycles. The molecule has 0 radical (unpaired) electrons. The molecule has 0 bridgehead atoms. The molecule has 0 aliphatic carbocycles. The zero-order valence-electron chi connectivity index (χ0n) is 21.7. The van der Waals surface area contributed by atoms with Crippen LogP contribution in [0.15, 0.2) is 84.9 Å². The Kier molecular flexibility index (Phi) is 7.30. The van der Waals surface area contributed by atoms with Gasteiger partial charge in [-0.05, 0) is 60.2 Å². The molecular formula is C29H19N3O10. The van der Waals surface area contributed by atoms with E-state index >= 15 is 0 Å². The molecule has 4 aromatic carbocycles. The molecule has 42 heavy (non-hydrogen) atoms. The number of carbonyl (C=O) groups excluding carboxylic acids is 3. The van der Waals surface area contributed by atoms with Crippen molar-refractivity contribution in [3.05, 3.63) is 127 Å². The number of methoxy groups -OCH3 is 1. The summed E-state index contributed by atoms with van der Waals surface area (Å²) in [5.74, 6) is -1.29. The first kappa shape index (κ1) is 27.5. The Morgan fingerprint density at radius 2 is 1.38 bits per heavy atom. The average molecular weight is 569 g/mol. The van der Waals surface area contributed by atoms with Crippen LogP contribution in [-0.4, -0.2) is 34.7 Å². The normalized spacial score (nSPS) is 12.1. The summed E-state index contributed by atoms with van der Waals surface area (Å²) in [6.07, 6.45) is 0. The highest BCUT2D eigenvalue weighted by Crippen LogP contribution is 2.37. The Labute approximate surface area is 236 Å². The minimum Gasteiger partial charge on any atom is -0.496 e. The Balaban J connectivity index is 1.26. The summed E-state index contributed by atoms with van der Waals surface area (Å²) in [6, 6.07) is 19.8. The molecule has 13 heteroatoms. The quantitative estimate of drug-likeness (QED) is 0.109. The maximum absolute atomic E-state index is 13.2. The lowest BCUT2D eigenvalue weighted by molar-refractivity contribution is -0.384. The number of non-ortho nitro benzene ring substituents is 1. The molecule has 1 heterocycles. The van der Waals surface area contributed by atoms with Crippen LogP contribution in [-0.2, 0) is 11.3 Å². The zero-order chi connectivity index (χ0) is 30.0. The summed E-state index contributed by atoms with van der Waals surface area (Å²) in [4.78, 5) is 60.8. The predicted octanol–water partition coefficient (Wildman–Crippen LogP) is 5.46. The smallest absolute Gasteiger partial charge is 0.338 e. The molecule has 0 atom stereocenters. The van der Waals surface area contributed by atoms with Gasteiger partial charge in [0.25, 0.3) is 23.2 Å². The highest BCUT2D eigenvalue weighted by Gasteiger charge is 2.40. The number of ether oxygens (including phenoxy) is 3. The topological polar surface area (TPSA) is 168 Å². The van der Waals surface area contributed by atoms with Gasteiger partial charge in [0.15, 0.2) is 0 Å². The van der Waals surface area contributed by atoms with E-state index in [0.29, 0.717) is 22.0 Å². The molecular weight excluding hydrogens is 550 g/mol. The number of nitro benzene ring substituents is 2. The highest BCUT2D eigenvalue weighted by molar-refractivity contribution is 6.35. The van der Waals surface area contributed by atoms with Crippen molar-refractivity contribution >= 4 is 34.8 Å². The fourth-order valence-corrected chi connectivity index (χ4v) is 4.21. The van der Waals surface area contributed by atoms with Gasteiger partial charge in [0, 0.05) is 12.1 Å². The number of hydrogen-bond donors (Lipinski definition) is 0. The summed E-state index contributed by atoms with van der Waals surface area (Å²) in [6.45, 7) is -0.106. The third-order valence-corrected chi connectivity index (χ3v) is 6.32. The summed E-state index contributed by atoms with van der Waals surface area (Å²) >= 11 is 0. The molecule has 5 rings (SSSR count). The lowest BCUT2D eigenvalue weighted by Crippen LogP contribution is -2.30. The van der Waals surface area contributed by atoms with Gasteiger partial charge >= 0.3 is 5.97 Å². The van der Waals surface area contributed by atoms with Gasteiger partial charge in [-0.3, -0.25) is 29.8 Å². The van der Waals surface area contributed by atoms with Crippen molar-refractivity contribution in [3.63, 3.8) is 0 Å². The van der Waals surface area contributed by atoms with E-state index < -0.39 is 33.3 Å². The maximum Gasteiger partial charge on any atom is 0.338 e. The number of carbonyl (C=O) groups is 3. The number of fused-ring (bicyclic) bond motifs is 1. The standard InChI is InChI=1S/C29H19N3O10/c1-40-22-11-13-25(26(15-22)32(38)39)30-27(33)23-12-4-18(14-24(23)28(30)34)29(35)41-16-17-2-7-20(8-3-17)42-21-9-5-19(6-10-21)31(36)37/h2-15H,16H2,1H3. The molecule has 0 N–H and O–H groups in total. The van der Waals surface area contributed by atoms with Crippen molar-refractivity contribution in [2.45, 2.75) is 6.61 Å². The molecule has 0 aromatic heterocycles. The van der Waals surface area contributed by atoms with Crippen LogP contribution >= 0.6 is 0 Å². The second kappa shape index (κ2) is 11.2. The number of hydrogen-bond acceptors (Lipinski definition) is 10. The van der Waals surface area contributed by atoms with E-state index in [0.717, 1.165) is 6.07 Å². The first-order chi connectivity index (χ1) is 20.2. The van der Waals surface area contributed by atoms with Crippen molar-refractivity contribution in [1.82, 2.24) is 0 Å². The van der Waals surface area contributed by atoms with Gasteiger partial charge < -0.3 is 14.2 Å². The van der Waals surface area contributed by atoms with Crippen LogP contribution in [0.3, 0.4) is 0 Å². The Morgan fingerprint density at radius 3 is 2.00 bits per heavy atom. The summed E-state index contributed by atoms with van der Waals surface area (Å²) in [5.41, 5.74) is -0.233. The van der Waals surface area contributed by atoms with E-state index in [2.05, 4.69) is 0 Å². The molecule has 0 unspecified atom stereocenters. The molecule has 1 aliphatic heterocycles. The fourth-order valence-electron chi connectivity index (χ4n) is 4.21. The molecule has 2 amide bonds. The van der Waals surface area contributed by atoms with Crippen molar-refractivity contribution in [1.29, 1.82) is 0 Å². The summed E-state index contributed by atoms with van der Waals surface area (Å²) < 4.78 is 16.0. The van der Waals surface area contributed by atoms with Crippen molar-refractivity contribution < 1.29 is 38.4 Å². The van der Waals surface area contributed by atoms with E-state index in [1.54, 1.807) is 24.3 Å². The van der Waals surface area contributed by atoms with Crippen LogP contribution in [0.1, 0.15) is 36.6 Å².